The highest BCUT2D eigenvalue weighted by molar-refractivity contribution is 9.09. The van der Waals surface area contributed by atoms with Crippen LogP contribution in [-0.2, 0) is 9.57 Å². The van der Waals surface area contributed by atoms with E-state index in [1.807, 2.05) is 0 Å². The van der Waals surface area contributed by atoms with Crippen molar-refractivity contribution in [2.24, 2.45) is 0 Å². The third-order valence-electron chi connectivity index (χ3n) is 3.87. The lowest BCUT2D eigenvalue weighted by Gasteiger charge is -2.17. The van der Waals surface area contributed by atoms with Crippen molar-refractivity contribution in [2.45, 2.75) is 24.2 Å². The molecule has 28 heavy (non-hydrogen) atoms. The molecule has 3 rings (SSSR count). The van der Waals surface area contributed by atoms with Crippen LogP contribution in [0.5, 0.6) is 5.75 Å². The first kappa shape index (κ1) is 20.4. The zero-order chi connectivity index (χ0) is 20.7. The predicted octanol–water partition coefficient (Wildman–Crippen LogP) is 4.84. The first-order valence-electron chi connectivity index (χ1n) is 7.70. The Balaban J connectivity index is 2.14. The summed E-state index contributed by atoms with van der Waals surface area (Å²) in [6.45, 7) is 1.62. The van der Waals surface area contributed by atoms with Gasteiger partial charge in [0, 0.05) is 18.9 Å². The molecule has 2 heterocycles. The second-order valence-electron chi connectivity index (χ2n) is 5.70. The summed E-state index contributed by atoms with van der Waals surface area (Å²) in [7, 11) is 1.38. The van der Waals surface area contributed by atoms with E-state index < -0.39 is 28.9 Å². The number of rotatable bonds is 5. The van der Waals surface area contributed by atoms with Gasteiger partial charge in [0.25, 0.3) is 0 Å². The molecule has 0 aliphatic heterocycles. The SMILES string of the molecule is COC(C)c1cc(OC(F)(F)F)ccc1-c1cn2c(C(F)(F)Br)nnc2cn1. The van der Waals surface area contributed by atoms with Crippen molar-refractivity contribution in [1.82, 2.24) is 19.6 Å². The van der Waals surface area contributed by atoms with Crippen LogP contribution in [0.15, 0.2) is 30.6 Å². The maximum atomic E-state index is 13.7. The Kier molecular flexibility index (Phi) is 5.28. The van der Waals surface area contributed by atoms with Crippen LogP contribution in [0.2, 0.25) is 0 Å². The molecule has 1 atom stereocenters. The van der Waals surface area contributed by atoms with Gasteiger partial charge < -0.3 is 9.47 Å². The fourth-order valence-electron chi connectivity index (χ4n) is 2.57. The molecule has 6 nitrogen and oxygen atoms in total. The lowest BCUT2D eigenvalue weighted by Crippen LogP contribution is -2.17. The minimum absolute atomic E-state index is 0.0799. The molecule has 0 saturated heterocycles. The molecule has 0 aliphatic carbocycles. The van der Waals surface area contributed by atoms with Gasteiger partial charge in [0.1, 0.15) is 5.75 Å². The highest BCUT2D eigenvalue weighted by atomic mass is 79.9. The summed E-state index contributed by atoms with van der Waals surface area (Å²) in [5.41, 5.74) is 0.999. The molecule has 0 saturated carbocycles. The topological polar surface area (TPSA) is 61.5 Å². The zero-order valence-electron chi connectivity index (χ0n) is 14.3. The quantitative estimate of drug-likeness (QED) is 0.397. The summed E-state index contributed by atoms with van der Waals surface area (Å²) >= 11 is 2.23. The number of hydrogen-bond donors (Lipinski definition) is 0. The summed E-state index contributed by atoms with van der Waals surface area (Å²) in [4.78, 5) is 0.720. The van der Waals surface area contributed by atoms with E-state index in [-0.39, 0.29) is 11.3 Å². The second-order valence-corrected chi connectivity index (χ2v) is 6.69. The van der Waals surface area contributed by atoms with Crippen LogP contribution in [-0.4, -0.2) is 33.1 Å². The monoisotopic (exact) mass is 466 g/mol. The minimum atomic E-state index is -4.86. The third-order valence-corrected chi connectivity index (χ3v) is 4.22. The molecule has 1 aromatic carbocycles. The number of methoxy groups -OCH3 is 1. The average molecular weight is 467 g/mol. The van der Waals surface area contributed by atoms with Gasteiger partial charge in [0.05, 0.1) is 18.0 Å². The van der Waals surface area contributed by atoms with Crippen molar-refractivity contribution in [3.8, 4) is 17.0 Å². The van der Waals surface area contributed by atoms with Crippen LogP contribution >= 0.6 is 15.9 Å². The summed E-state index contributed by atoms with van der Waals surface area (Å²) in [5, 5.41) is 7.05. The number of alkyl halides is 6. The Labute approximate surface area is 163 Å². The smallest absolute Gasteiger partial charge is 0.406 e. The molecule has 3 aromatic rings. The zero-order valence-corrected chi connectivity index (χ0v) is 15.9. The van der Waals surface area contributed by atoms with Gasteiger partial charge in [0.2, 0.25) is 5.82 Å². The highest BCUT2D eigenvalue weighted by Gasteiger charge is 2.34. The van der Waals surface area contributed by atoms with Crippen molar-refractivity contribution in [1.29, 1.82) is 0 Å². The molecule has 0 spiro atoms. The minimum Gasteiger partial charge on any atom is -0.406 e. The molecule has 0 N–H and O–H groups in total. The Hall–Kier alpha value is -2.34. The molecular weight excluding hydrogens is 455 g/mol. The van der Waals surface area contributed by atoms with Crippen LogP contribution in [0, 0.1) is 0 Å². The van der Waals surface area contributed by atoms with Gasteiger partial charge in [0.15, 0.2) is 5.65 Å². The molecular formula is C16H12BrF5N4O2. The maximum absolute atomic E-state index is 13.7. The van der Waals surface area contributed by atoms with E-state index in [1.54, 1.807) is 6.92 Å². The molecule has 0 aliphatic rings. The average Bonchev–Trinajstić information content (AvgIpc) is 3.03. The Morgan fingerprint density at radius 3 is 2.46 bits per heavy atom. The molecule has 150 valence electrons. The van der Waals surface area contributed by atoms with Crippen LogP contribution in [0.1, 0.15) is 24.4 Å². The van der Waals surface area contributed by atoms with Crippen molar-refractivity contribution in [2.75, 3.05) is 7.11 Å². The lowest BCUT2D eigenvalue weighted by atomic mass is 10.0. The molecule has 0 bridgehead atoms. The van der Waals surface area contributed by atoms with E-state index in [0.29, 0.717) is 11.1 Å². The highest BCUT2D eigenvalue weighted by Crippen LogP contribution is 2.36. The number of halogens is 6. The van der Waals surface area contributed by atoms with Crippen molar-refractivity contribution in [3.05, 3.63) is 42.0 Å². The van der Waals surface area contributed by atoms with Crippen LogP contribution in [0.25, 0.3) is 16.9 Å². The largest absolute Gasteiger partial charge is 0.573 e. The third kappa shape index (κ3) is 4.22. The molecule has 0 amide bonds. The second kappa shape index (κ2) is 7.24. The fourth-order valence-corrected chi connectivity index (χ4v) is 2.84. The fraction of sp³-hybridized carbons (Fsp3) is 0.312. The molecule has 2 aromatic heterocycles. The number of fused-ring (bicyclic) bond motifs is 1. The van der Waals surface area contributed by atoms with Crippen molar-refractivity contribution < 1.29 is 31.4 Å². The van der Waals surface area contributed by atoms with Gasteiger partial charge >= 0.3 is 11.2 Å². The summed E-state index contributed by atoms with van der Waals surface area (Å²) in [6, 6.07) is 3.61. The van der Waals surface area contributed by atoms with Crippen LogP contribution < -0.4 is 4.74 Å². The van der Waals surface area contributed by atoms with Gasteiger partial charge in [-0.2, -0.15) is 8.78 Å². The molecule has 1 unspecified atom stereocenters. The van der Waals surface area contributed by atoms with E-state index in [0.717, 1.165) is 16.5 Å². The molecule has 12 heteroatoms. The lowest BCUT2D eigenvalue weighted by molar-refractivity contribution is -0.274. The van der Waals surface area contributed by atoms with Gasteiger partial charge in [-0.1, -0.05) is 0 Å². The van der Waals surface area contributed by atoms with E-state index in [1.165, 1.54) is 25.6 Å². The summed E-state index contributed by atoms with van der Waals surface area (Å²) in [5.74, 6) is -1.10. The first-order chi connectivity index (χ1) is 13.0. The van der Waals surface area contributed by atoms with Gasteiger partial charge in [-0.25, -0.2) is 0 Å². The predicted molar refractivity (Wildman–Crippen MR) is 91.1 cm³/mol. The van der Waals surface area contributed by atoms with Crippen LogP contribution in [0.4, 0.5) is 22.0 Å². The standard InChI is InChI=1S/C16H12BrF5N4O2/c1-8(27-2)11-5-9(28-16(20,21)22)3-4-10(11)12-7-26-13(6-23-12)24-25-14(26)15(17,18)19/h3-8H,1-2H3. The van der Waals surface area contributed by atoms with E-state index >= 15 is 0 Å². The number of hydrogen-bond acceptors (Lipinski definition) is 5. The van der Waals surface area contributed by atoms with E-state index in [9.17, 15) is 22.0 Å². The number of ether oxygens (including phenoxy) is 2. The van der Waals surface area contributed by atoms with Crippen molar-refractivity contribution >= 4 is 21.6 Å². The van der Waals surface area contributed by atoms with Gasteiger partial charge in [-0.15, -0.1) is 23.4 Å². The Morgan fingerprint density at radius 1 is 1.14 bits per heavy atom. The first-order valence-corrected chi connectivity index (χ1v) is 8.49. The Bertz CT molecular complexity index is 1000. The number of benzene rings is 1. The molecule has 0 radical (unpaired) electrons. The van der Waals surface area contributed by atoms with Crippen LogP contribution in [0.3, 0.4) is 0 Å². The summed E-state index contributed by atoms with van der Waals surface area (Å²) < 4.78 is 75.1. The van der Waals surface area contributed by atoms with Gasteiger partial charge in [-0.05, 0) is 46.6 Å². The molecule has 0 fully saturated rings. The normalized spacial score (nSPS) is 13.7. The van der Waals surface area contributed by atoms with Crippen molar-refractivity contribution in [3.63, 3.8) is 0 Å². The van der Waals surface area contributed by atoms with E-state index in [2.05, 4.69) is 35.8 Å². The Morgan fingerprint density at radius 2 is 1.86 bits per heavy atom. The number of aromatic nitrogens is 4. The number of nitrogens with zero attached hydrogens (tertiary/aromatic N) is 4. The summed E-state index contributed by atoms with van der Waals surface area (Å²) in [6.07, 6.45) is -2.98. The van der Waals surface area contributed by atoms with E-state index in [4.69, 9.17) is 4.74 Å². The van der Waals surface area contributed by atoms with Gasteiger partial charge in [-0.3, -0.25) is 9.38 Å². The maximum Gasteiger partial charge on any atom is 0.573 e.